The number of nitrogens with zero attached hydrogens (tertiary/aromatic N) is 4. The summed E-state index contributed by atoms with van der Waals surface area (Å²) >= 11 is 7.05. The van der Waals surface area contributed by atoms with Gasteiger partial charge in [-0.15, -0.1) is 10.2 Å². The number of hydrogen-bond acceptors (Lipinski definition) is 7. The van der Waals surface area contributed by atoms with E-state index in [1.165, 1.54) is 30.0 Å². The van der Waals surface area contributed by atoms with Gasteiger partial charge in [-0.05, 0) is 24.3 Å². The molecule has 3 aromatic rings. The number of rotatable bonds is 8. The van der Waals surface area contributed by atoms with Gasteiger partial charge in [-0.1, -0.05) is 35.5 Å². The lowest BCUT2D eigenvalue weighted by molar-refractivity contribution is -0.384. The molecule has 1 heterocycles. The lowest BCUT2D eigenvalue weighted by Crippen LogP contribution is -2.06. The number of carbonyl (C=O) groups excluding carboxylic acids is 1. The highest BCUT2D eigenvalue weighted by molar-refractivity contribution is 7.99. The van der Waals surface area contributed by atoms with Gasteiger partial charge >= 0.3 is 0 Å². The third kappa shape index (κ3) is 4.87. The number of hydrogen-bond donors (Lipinski definition) is 0. The van der Waals surface area contributed by atoms with Crippen molar-refractivity contribution in [3.8, 4) is 5.75 Å². The fourth-order valence-corrected chi connectivity index (χ4v) is 3.23. The van der Waals surface area contributed by atoms with Gasteiger partial charge in [-0.3, -0.25) is 14.9 Å². The molecule has 0 amide bonds. The molecule has 0 spiro atoms. The van der Waals surface area contributed by atoms with Crippen molar-refractivity contribution in [2.45, 2.75) is 11.8 Å². The number of nitro benzene ring substituents is 1. The van der Waals surface area contributed by atoms with E-state index < -0.39 is 4.92 Å². The van der Waals surface area contributed by atoms with Crippen molar-refractivity contribution in [3.63, 3.8) is 0 Å². The Labute approximate surface area is 169 Å². The first-order chi connectivity index (χ1) is 13.4. The Morgan fingerprint density at radius 3 is 2.71 bits per heavy atom. The minimum Gasteiger partial charge on any atom is -0.486 e. The van der Waals surface area contributed by atoms with Crippen molar-refractivity contribution >= 4 is 34.8 Å². The molecular formula is C18H15ClN4O4S. The largest absolute Gasteiger partial charge is 0.486 e. The van der Waals surface area contributed by atoms with E-state index >= 15 is 0 Å². The highest BCUT2D eigenvalue weighted by Gasteiger charge is 2.15. The maximum absolute atomic E-state index is 12.3. The van der Waals surface area contributed by atoms with Crippen LogP contribution in [-0.2, 0) is 13.7 Å². The molecule has 3 rings (SSSR count). The van der Waals surface area contributed by atoms with Crippen molar-refractivity contribution < 1.29 is 14.5 Å². The van der Waals surface area contributed by atoms with Gasteiger partial charge < -0.3 is 9.30 Å². The number of Topliss-reactive ketones (excluding diaryl/α,β-unsaturated/α-hetero) is 1. The van der Waals surface area contributed by atoms with Gasteiger partial charge in [0.15, 0.2) is 16.8 Å². The number of aromatic nitrogens is 3. The van der Waals surface area contributed by atoms with Crippen LogP contribution in [0.5, 0.6) is 5.75 Å². The molecule has 10 heteroatoms. The smallest absolute Gasteiger partial charge is 0.270 e. The Hall–Kier alpha value is -2.91. The average Bonchev–Trinajstić information content (AvgIpc) is 3.05. The summed E-state index contributed by atoms with van der Waals surface area (Å²) < 4.78 is 7.39. The maximum Gasteiger partial charge on any atom is 0.270 e. The molecule has 28 heavy (non-hydrogen) atoms. The molecule has 0 saturated carbocycles. The molecule has 0 aliphatic rings. The summed E-state index contributed by atoms with van der Waals surface area (Å²) in [6.07, 6.45) is 0. The van der Waals surface area contributed by atoms with Crippen LogP contribution in [0.25, 0.3) is 0 Å². The number of carbonyl (C=O) groups is 1. The second kappa shape index (κ2) is 8.85. The quantitative estimate of drug-likeness (QED) is 0.236. The zero-order chi connectivity index (χ0) is 20.1. The number of thioether (sulfide) groups is 1. The zero-order valence-corrected chi connectivity index (χ0v) is 16.3. The summed E-state index contributed by atoms with van der Waals surface area (Å²) in [7, 11) is 1.78. The van der Waals surface area contributed by atoms with Gasteiger partial charge in [-0.2, -0.15) is 0 Å². The fraction of sp³-hybridized carbons (Fsp3) is 0.167. The first-order valence-electron chi connectivity index (χ1n) is 8.11. The van der Waals surface area contributed by atoms with Crippen LogP contribution in [0.1, 0.15) is 16.2 Å². The van der Waals surface area contributed by atoms with Gasteiger partial charge in [0.2, 0.25) is 0 Å². The molecule has 0 aliphatic heterocycles. The third-order valence-electron chi connectivity index (χ3n) is 3.82. The standard InChI is InChI=1S/C18H15ClN4O4S/c1-22-17(10-27-15-7-5-13(19)6-8-15)20-21-18(22)28-11-16(24)12-3-2-4-14(9-12)23(25)26/h2-9H,10-11H2,1H3. The van der Waals surface area contributed by atoms with Gasteiger partial charge in [0, 0.05) is 29.8 Å². The summed E-state index contributed by atoms with van der Waals surface area (Å²) in [5, 5.41) is 20.1. The first-order valence-corrected chi connectivity index (χ1v) is 9.47. The highest BCUT2D eigenvalue weighted by atomic mass is 35.5. The molecule has 0 aliphatic carbocycles. The predicted octanol–water partition coefficient (Wildman–Crippen LogP) is 3.93. The third-order valence-corrected chi connectivity index (χ3v) is 5.09. The SMILES string of the molecule is Cn1c(COc2ccc(Cl)cc2)nnc1SCC(=O)c1cccc([N+](=O)[O-])c1. The van der Waals surface area contributed by atoms with E-state index in [4.69, 9.17) is 16.3 Å². The van der Waals surface area contributed by atoms with Crippen LogP contribution in [0.4, 0.5) is 5.69 Å². The molecule has 1 aromatic heterocycles. The molecule has 0 unspecified atom stereocenters. The highest BCUT2D eigenvalue weighted by Crippen LogP contribution is 2.21. The number of ether oxygens (including phenoxy) is 1. The van der Waals surface area contributed by atoms with E-state index in [0.29, 0.717) is 21.8 Å². The Morgan fingerprint density at radius 2 is 2.00 bits per heavy atom. The summed E-state index contributed by atoms with van der Waals surface area (Å²) in [5.74, 6) is 1.11. The minimum atomic E-state index is -0.528. The van der Waals surface area contributed by atoms with Crippen molar-refractivity contribution in [2.24, 2.45) is 7.05 Å². The number of halogens is 1. The Kier molecular flexibility index (Phi) is 6.27. The molecule has 0 fully saturated rings. The molecule has 0 N–H and O–H groups in total. The Morgan fingerprint density at radius 1 is 1.25 bits per heavy atom. The zero-order valence-electron chi connectivity index (χ0n) is 14.7. The molecule has 0 saturated heterocycles. The first kappa shape index (κ1) is 19.8. The summed E-state index contributed by atoms with van der Waals surface area (Å²) in [6, 6.07) is 12.6. The van der Waals surface area contributed by atoms with Gasteiger partial charge in [0.1, 0.15) is 12.4 Å². The molecule has 0 bridgehead atoms. The normalized spacial score (nSPS) is 10.6. The topological polar surface area (TPSA) is 100 Å². The summed E-state index contributed by atoms with van der Waals surface area (Å²) in [6.45, 7) is 0.213. The van der Waals surface area contributed by atoms with E-state index in [0.717, 1.165) is 0 Å². The molecule has 2 aromatic carbocycles. The van der Waals surface area contributed by atoms with Crippen molar-refractivity contribution in [3.05, 3.63) is 75.1 Å². The van der Waals surface area contributed by atoms with E-state index in [9.17, 15) is 14.9 Å². The van der Waals surface area contributed by atoms with Crippen molar-refractivity contribution in [1.29, 1.82) is 0 Å². The lowest BCUT2D eigenvalue weighted by Gasteiger charge is -2.06. The second-order valence-electron chi connectivity index (χ2n) is 5.72. The minimum absolute atomic E-state index is 0.0885. The molecule has 144 valence electrons. The molecule has 0 atom stereocenters. The van der Waals surface area contributed by atoms with E-state index in [2.05, 4.69) is 10.2 Å². The van der Waals surface area contributed by atoms with Crippen molar-refractivity contribution in [1.82, 2.24) is 14.8 Å². The fourth-order valence-electron chi connectivity index (χ4n) is 2.28. The van der Waals surface area contributed by atoms with Crippen LogP contribution in [-0.4, -0.2) is 31.2 Å². The van der Waals surface area contributed by atoms with Crippen LogP contribution >= 0.6 is 23.4 Å². The van der Waals surface area contributed by atoms with Crippen LogP contribution in [0.15, 0.2) is 53.7 Å². The van der Waals surface area contributed by atoms with Crippen LogP contribution in [0, 0.1) is 10.1 Å². The van der Waals surface area contributed by atoms with Crippen LogP contribution in [0.2, 0.25) is 5.02 Å². The van der Waals surface area contributed by atoms with E-state index in [-0.39, 0.29) is 29.4 Å². The van der Waals surface area contributed by atoms with Crippen molar-refractivity contribution in [2.75, 3.05) is 5.75 Å². The van der Waals surface area contributed by atoms with E-state index in [1.54, 1.807) is 41.9 Å². The number of non-ortho nitro benzene ring substituents is 1. The predicted molar refractivity (Wildman–Crippen MR) is 105 cm³/mol. The Balaban J connectivity index is 1.59. The second-order valence-corrected chi connectivity index (χ2v) is 7.10. The molecule has 8 nitrogen and oxygen atoms in total. The summed E-state index contributed by atoms with van der Waals surface area (Å²) in [5.41, 5.74) is 0.173. The van der Waals surface area contributed by atoms with Gasteiger partial charge in [0.25, 0.3) is 5.69 Å². The monoisotopic (exact) mass is 418 g/mol. The molecule has 0 radical (unpaired) electrons. The number of benzene rings is 2. The van der Waals surface area contributed by atoms with E-state index in [1.807, 2.05) is 0 Å². The van der Waals surface area contributed by atoms with Crippen LogP contribution < -0.4 is 4.74 Å². The van der Waals surface area contributed by atoms with Gasteiger partial charge in [0.05, 0.1) is 10.7 Å². The number of nitro groups is 1. The Bertz CT molecular complexity index is 1010. The average molecular weight is 419 g/mol. The maximum atomic E-state index is 12.3. The lowest BCUT2D eigenvalue weighted by atomic mass is 10.1. The number of ketones is 1. The van der Waals surface area contributed by atoms with Gasteiger partial charge in [-0.25, -0.2) is 0 Å². The molecular weight excluding hydrogens is 404 g/mol. The summed E-state index contributed by atoms with van der Waals surface area (Å²) in [4.78, 5) is 22.6. The van der Waals surface area contributed by atoms with Crippen LogP contribution in [0.3, 0.4) is 0 Å².